The Hall–Kier alpha value is -3.34. The zero-order valence-corrected chi connectivity index (χ0v) is 30.5. The van der Waals surface area contributed by atoms with E-state index in [0.717, 1.165) is 52.6 Å². The first-order valence-corrected chi connectivity index (χ1v) is 18.6. The summed E-state index contributed by atoms with van der Waals surface area (Å²) in [5.41, 5.74) is 9.04. The van der Waals surface area contributed by atoms with Crippen molar-refractivity contribution in [2.45, 2.75) is 143 Å². The third kappa shape index (κ3) is 11.4. The number of allylic oxidation sites excluding steroid dienone is 2. The van der Waals surface area contributed by atoms with Crippen molar-refractivity contribution in [1.29, 1.82) is 0 Å². The van der Waals surface area contributed by atoms with Gasteiger partial charge in [0.2, 0.25) is 0 Å². The maximum Gasteiger partial charge on any atom is 0.130 e. The van der Waals surface area contributed by atoms with Gasteiger partial charge in [0.15, 0.2) is 0 Å². The highest BCUT2D eigenvalue weighted by molar-refractivity contribution is 5.65. The number of nitrogens with one attached hydrogen (secondary N) is 2. The summed E-state index contributed by atoms with van der Waals surface area (Å²) in [5.74, 6) is 3.24. The van der Waals surface area contributed by atoms with Crippen molar-refractivity contribution in [3.05, 3.63) is 90.2 Å². The van der Waals surface area contributed by atoms with Crippen molar-refractivity contribution >= 4 is 5.82 Å². The van der Waals surface area contributed by atoms with E-state index in [1.165, 1.54) is 88.2 Å². The first kappa shape index (κ1) is 36.5. The second kappa shape index (κ2) is 18.3. The molecule has 3 saturated carbocycles. The van der Waals surface area contributed by atoms with Crippen LogP contribution in [0, 0.1) is 18.8 Å². The van der Waals surface area contributed by atoms with Gasteiger partial charge in [-0.2, -0.15) is 5.10 Å². The summed E-state index contributed by atoms with van der Waals surface area (Å²) < 4.78 is 1.98. The molecule has 3 fully saturated rings. The quantitative estimate of drug-likeness (QED) is 0.245. The van der Waals surface area contributed by atoms with Crippen LogP contribution in [0.1, 0.15) is 140 Å². The molecule has 0 saturated heterocycles. The highest BCUT2D eigenvalue weighted by atomic mass is 15.3. The molecule has 3 aromatic rings. The van der Waals surface area contributed by atoms with E-state index in [-0.39, 0.29) is 0 Å². The van der Waals surface area contributed by atoms with Crippen LogP contribution in [-0.4, -0.2) is 20.8 Å². The van der Waals surface area contributed by atoms with Crippen LogP contribution in [-0.2, 0) is 6.42 Å². The molecule has 1 aromatic carbocycles. The van der Waals surface area contributed by atoms with Crippen LogP contribution in [0.5, 0.6) is 0 Å². The maximum absolute atomic E-state index is 4.44. The molecule has 0 unspecified atom stereocenters. The maximum atomic E-state index is 4.44. The summed E-state index contributed by atoms with van der Waals surface area (Å²) in [7, 11) is 0. The third-order valence-corrected chi connectivity index (χ3v) is 10.4. The number of pyridine rings is 1. The van der Waals surface area contributed by atoms with Gasteiger partial charge in [0.1, 0.15) is 5.82 Å². The summed E-state index contributed by atoms with van der Waals surface area (Å²) in [6.45, 7) is 21.2. The molecular weight excluding hydrogens is 574 g/mol. The minimum absolute atomic E-state index is 0.370. The normalized spacial score (nSPS) is 19.8. The number of aromatic nitrogens is 3. The third-order valence-electron chi connectivity index (χ3n) is 10.4. The van der Waals surface area contributed by atoms with Gasteiger partial charge in [-0.1, -0.05) is 77.3 Å². The van der Waals surface area contributed by atoms with Gasteiger partial charge in [0.05, 0.1) is 6.20 Å². The fraction of sp³-hybridized carbons (Fsp3) is 0.571. The lowest BCUT2D eigenvalue weighted by molar-refractivity contribution is 0.348. The molecule has 3 aliphatic carbocycles. The van der Waals surface area contributed by atoms with Crippen LogP contribution in [0.2, 0.25) is 0 Å². The molecule has 0 spiro atoms. The predicted molar refractivity (Wildman–Crippen MR) is 202 cm³/mol. The molecule has 2 heterocycles. The molecule has 2 N–H and O–H groups in total. The highest BCUT2D eigenvalue weighted by Crippen LogP contribution is 2.36. The molecular formula is C42H63N5. The van der Waals surface area contributed by atoms with Crippen LogP contribution < -0.4 is 10.6 Å². The summed E-state index contributed by atoms with van der Waals surface area (Å²) >= 11 is 0. The zero-order valence-electron chi connectivity index (χ0n) is 30.5. The van der Waals surface area contributed by atoms with E-state index in [1.807, 2.05) is 30.1 Å². The van der Waals surface area contributed by atoms with Gasteiger partial charge in [-0.3, -0.25) is 4.68 Å². The van der Waals surface area contributed by atoms with E-state index in [2.05, 4.69) is 99.0 Å². The summed E-state index contributed by atoms with van der Waals surface area (Å²) in [5, 5.41) is 11.1. The van der Waals surface area contributed by atoms with E-state index < -0.39 is 0 Å². The van der Waals surface area contributed by atoms with Crippen LogP contribution in [0.15, 0.2) is 73.5 Å². The van der Waals surface area contributed by atoms with Crippen LogP contribution in [0.25, 0.3) is 11.1 Å². The van der Waals surface area contributed by atoms with E-state index >= 15 is 0 Å². The number of hydrogen-bond acceptors (Lipinski definition) is 4. The Morgan fingerprint density at radius 3 is 2.19 bits per heavy atom. The predicted octanol–water partition coefficient (Wildman–Crippen LogP) is 11.5. The number of aryl methyl sites for hydroxylation is 2. The van der Waals surface area contributed by atoms with Gasteiger partial charge in [0.25, 0.3) is 0 Å². The van der Waals surface area contributed by atoms with Gasteiger partial charge in [0, 0.05) is 41.4 Å². The van der Waals surface area contributed by atoms with Gasteiger partial charge in [-0.25, -0.2) is 4.98 Å². The van der Waals surface area contributed by atoms with E-state index in [4.69, 9.17) is 0 Å². The van der Waals surface area contributed by atoms with Crippen molar-refractivity contribution in [2.75, 3.05) is 5.32 Å². The number of nitrogens with zero attached hydrogens (tertiary/aromatic N) is 3. The molecule has 47 heavy (non-hydrogen) atoms. The number of benzene rings is 1. The fourth-order valence-electron chi connectivity index (χ4n) is 7.03. The van der Waals surface area contributed by atoms with Crippen LogP contribution >= 0.6 is 0 Å². The van der Waals surface area contributed by atoms with Crippen LogP contribution in [0.3, 0.4) is 0 Å². The molecule has 5 heteroatoms. The number of rotatable bonds is 9. The standard InChI is InChI=1S/C19H26N4.C16H24.C7H13N/c1-14(2)23-13-18(12-21-23)17-9-10-20-19(11-17)22-15(3)16-7-5-4-6-8-16;1-4-14-9-10-16(11-13(14)3)15-7-5-12(2)6-8-15;1-6(2)8-7-4-3-5-7/h9-14,16H,3-8H2,1-2H3,(H,20,22);9-12,15H,4-8H2,1-3H3;7-8H,1,3-5H2,2H3. The van der Waals surface area contributed by atoms with Crippen molar-refractivity contribution in [1.82, 2.24) is 20.1 Å². The Labute approximate surface area is 286 Å². The molecule has 2 aromatic heterocycles. The Bertz CT molecular complexity index is 1400. The lowest BCUT2D eigenvalue weighted by Gasteiger charge is -2.27. The molecule has 6 rings (SSSR count). The lowest BCUT2D eigenvalue weighted by Crippen LogP contribution is -2.33. The SMILES string of the molecule is C=C(C)NC1CCC1.C=C(Nc1cc(-c2cnn(C(C)C)c2)ccn1)C1CCCCC1.CCc1ccc(C2CCC(C)CC2)cc1C. The van der Waals surface area contributed by atoms with Crippen molar-refractivity contribution in [3.63, 3.8) is 0 Å². The minimum atomic E-state index is 0.370. The average molecular weight is 638 g/mol. The molecule has 0 radical (unpaired) electrons. The van der Waals surface area contributed by atoms with E-state index in [1.54, 1.807) is 5.56 Å². The van der Waals surface area contributed by atoms with Crippen molar-refractivity contribution in [3.8, 4) is 11.1 Å². The summed E-state index contributed by atoms with van der Waals surface area (Å²) in [6, 6.07) is 12.4. The molecule has 0 aliphatic heterocycles. The van der Waals surface area contributed by atoms with Gasteiger partial charge < -0.3 is 10.6 Å². The largest absolute Gasteiger partial charge is 0.386 e. The second-order valence-electron chi connectivity index (χ2n) is 14.8. The Morgan fingerprint density at radius 2 is 1.64 bits per heavy atom. The summed E-state index contributed by atoms with van der Waals surface area (Å²) in [4.78, 5) is 4.44. The monoisotopic (exact) mass is 638 g/mol. The number of hydrogen-bond donors (Lipinski definition) is 2. The van der Waals surface area contributed by atoms with E-state index in [9.17, 15) is 0 Å². The Balaban J connectivity index is 0.000000180. The molecule has 3 aliphatic rings. The summed E-state index contributed by atoms with van der Waals surface area (Å²) in [6.07, 6.45) is 23.2. The lowest BCUT2D eigenvalue weighted by atomic mass is 9.79. The zero-order chi connectivity index (χ0) is 33.8. The Kier molecular flexibility index (Phi) is 14.2. The first-order chi connectivity index (χ1) is 22.6. The molecule has 0 atom stereocenters. The van der Waals surface area contributed by atoms with Crippen molar-refractivity contribution in [2.24, 2.45) is 11.8 Å². The van der Waals surface area contributed by atoms with E-state index in [0.29, 0.717) is 12.0 Å². The molecule has 0 bridgehead atoms. The average Bonchev–Trinajstić information content (AvgIpc) is 3.56. The molecule has 0 amide bonds. The van der Waals surface area contributed by atoms with Gasteiger partial charge in [-0.05, 0) is 131 Å². The van der Waals surface area contributed by atoms with Crippen LogP contribution in [0.4, 0.5) is 5.82 Å². The van der Waals surface area contributed by atoms with Gasteiger partial charge >= 0.3 is 0 Å². The second-order valence-corrected chi connectivity index (χ2v) is 14.8. The molecule has 256 valence electrons. The fourth-order valence-corrected chi connectivity index (χ4v) is 7.03. The Morgan fingerprint density at radius 1 is 0.915 bits per heavy atom. The smallest absolute Gasteiger partial charge is 0.130 e. The van der Waals surface area contributed by atoms with Gasteiger partial charge in [-0.15, -0.1) is 0 Å². The topological polar surface area (TPSA) is 54.8 Å². The van der Waals surface area contributed by atoms with Crippen molar-refractivity contribution < 1.29 is 0 Å². The highest BCUT2D eigenvalue weighted by Gasteiger charge is 2.20. The molecule has 5 nitrogen and oxygen atoms in total. The minimum Gasteiger partial charge on any atom is -0.386 e. The first-order valence-electron chi connectivity index (χ1n) is 18.6. The number of anilines is 1.